The molecule has 2 aromatic rings. The molecule has 0 aliphatic rings. The molecule has 0 aliphatic carbocycles. The van der Waals surface area contributed by atoms with Crippen LogP contribution in [0.15, 0.2) is 40.9 Å². The molecule has 5 nitrogen and oxygen atoms in total. The highest BCUT2D eigenvalue weighted by Crippen LogP contribution is 2.29. The van der Waals surface area contributed by atoms with Gasteiger partial charge in [0.25, 0.3) is 5.91 Å². The van der Waals surface area contributed by atoms with Crippen molar-refractivity contribution in [1.82, 2.24) is 0 Å². The van der Waals surface area contributed by atoms with Gasteiger partial charge in [-0.15, -0.1) is 0 Å². The Bertz CT molecular complexity index is 674. The first kappa shape index (κ1) is 15.2. The second-order valence-electron chi connectivity index (χ2n) is 4.35. The number of hydrogen-bond acceptors (Lipinski definition) is 4. The number of ether oxygens (including phenoxy) is 2. The van der Waals surface area contributed by atoms with Gasteiger partial charge in [0, 0.05) is 0 Å². The van der Waals surface area contributed by atoms with Gasteiger partial charge in [-0.25, -0.2) is 0 Å². The minimum Gasteiger partial charge on any atom is -0.496 e. The summed E-state index contributed by atoms with van der Waals surface area (Å²) in [7, 11) is 1.60. The molecule has 0 unspecified atom stereocenters. The van der Waals surface area contributed by atoms with Crippen LogP contribution >= 0.6 is 15.9 Å². The Balaban J connectivity index is 2.20. The number of nitrogen functional groups attached to an aromatic ring is 1. The molecule has 2 aromatic carbocycles. The topological polar surface area (TPSA) is 87.6 Å². The second-order valence-corrected chi connectivity index (χ2v) is 5.20. The molecule has 6 heteroatoms. The van der Waals surface area contributed by atoms with Gasteiger partial charge in [-0.1, -0.05) is 12.1 Å². The van der Waals surface area contributed by atoms with Gasteiger partial charge in [0.15, 0.2) is 5.75 Å². The van der Waals surface area contributed by atoms with E-state index >= 15 is 0 Å². The van der Waals surface area contributed by atoms with Crippen molar-refractivity contribution < 1.29 is 14.3 Å². The zero-order valence-corrected chi connectivity index (χ0v) is 13.0. The molecule has 0 spiro atoms. The molecule has 2 rings (SSSR count). The van der Waals surface area contributed by atoms with E-state index in [9.17, 15) is 4.79 Å². The van der Waals surface area contributed by atoms with Crippen LogP contribution in [0.5, 0.6) is 11.5 Å². The first-order chi connectivity index (χ1) is 10.0. The standard InChI is InChI=1S/C15H15BrN2O3/c1-20-13-6-5-9(7-11(13)16)8-21-14-10(15(18)19)3-2-4-12(14)17/h2-7H,8,17H2,1H3,(H2,18,19). The number of primary amides is 1. The minimum absolute atomic E-state index is 0.261. The highest BCUT2D eigenvalue weighted by atomic mass is 79.9. The van der Waals surface area contributed by atoms with E-state index in [1.807, 2.05) is 18.2 Å². The number of nitrogens with two attached hydrogens (primary N) is 2. The van der Waals surface area contributed by atoms with Gasteiger partial charge < -0.3 is 20.9 Å². The molecule has 0 aromatic heterocycles. The van der Waals surface area contributed by atoms with Crippen molar-refractivity contribution in [1.29, 1.82) is 0 Å². The number of hydrogen-bond donors (Lipinski definition) is 2. The Hall–Kier alpha value is -2.21. The number of para-hydroxylation sites is 1. The van der Waals surface area contributed by atoms with Gasteiger partial charge in [0.05, 0.1) is 22.8 Å². The maximum Gasteiger partial charge on any atom is 0.252 e. The molecule has 0 aliphatic heterocycles. The van der Waals surface area contributed by atoms with E-state index in [0.29, 0.717) is 11.4 Å². The molecule has 110 valence electrons. The summed E-state index contributed by atoms with van der Waals surface area (Å²) >= 11 is 3.41. The Morgan fingerprint density at radius 1 is 1.29 bits per heavy atom. The maximum atomic E-state index is 11.4. The molecule has 0 saturated carbocycles. The zero-order chi connectivity index (χ0) is 15.4. The van der Waals surface area contributed by atoms with E-state index in [-0.39, 0.29) is 12.2 Å². The first-order valence-electron chi connectivity index (χ1n) is 6.16. The highest BCUT2D eigenvalue weighted by molar-refractivity contribution is 9.10. The maximum absolute atomic E-state index is 11.4. The molecule has 0 heterocycles. The summed E-state index contributed by atoms with van der Waals surface area (Å²) < 4.78 is 11.6. The lowest BCUT2D eigenvalue weighted by atomic mass is 10.1. The summed E-state index contributed by atoms with van der Waals surface area (Å²) in [4.78, 5) is 11.4. The molecule has 21 heavy (non-hydrogen) atoms. The fourth-order valence-electron chi connectivity index (χ4n) is 1.87. The Morgan fingerprint density at radius 3 is 2.67 bits per heavy atom. The monoisotopic (exact) mass is 350 g/mol. The van der Waals surface area contributed by atoms with Crippen LogP contribution in [-0.4, -0.2) is 13.0 Å². The quantitative estimate of drug-likeness (QED) is 0.811. The molecule has 0 saturated heterocycles. The fraction of sp³-hybridized carbons (Fsp3) is 0.133. The van der Waals surface area contributed by atoms with Gasteiger partial charge in [0.2, 0.25) is 0 Å². The average Bonchev–Trinajstić information content (AvgIpc) is 2.45. The summed E-state index contributed by atoms with van der Waals surface area (Å²) in [5.74, 6) is 0.459. The van der Waals surface area contributed by atoms with E-state index in [2.05, 4.69) is 15.9 Å². The Morgan fingerprint density at radius 2 is 2.05 bits per heavy atom. The third-order valence-electron chi connectivity index (χ3n) is 2.91. The number of carbonyl (C=O) groups is 1. The average molecular weight is 351 g/mol. The van der Waals surface area contributed by atoms with Crippen LogP contribution in [0.4, 0.5) is 5.69 Å². The summed E-state index contributed by atoms with van der Waals surface area (Å²) in [6.07, 6.45) is 0. The van der Waals surface area contributed by atoms with Crippen molar-refractivity contribution in [3.05, 3.63) is 52.0 Å². The largest absolute Gasteiger partial charge is 0.496 e. The molecule has 4 N–H and O–H groups in total. The number of amides is 1. The SMILES string of the molecule is COc1ccc(COc2c(N)cccc2C(N)=O)cc1Br. The Kier molecular flexibility index (Phi) is 4.70. The van der Waals surface area contributed by atoms with Gasteiger partial charge in [-0.3, -0.25) is 4.79 Å². The molecular weight excluding hydrogens is 336 g/mol. The number of anilines is 1. The van der Waals surface area contributed by atoms with Gasteiger partial charge >= 0.3 is 0 Å². The predicted octanol–water partition coefficient (Wildman–Crippen LogP) is 2.72. The second kappa shape index (κ2) is 6.49. The third kappa shape index (κ3) is 3.46. The third-order valence-corrected chi connectivity index (χ3v) is 3.53. The smallest absolute Gasteiger partial charge is 0.252 e. The van der Waals surface area contributed by atoms with E-state index < -0.39 is 5.91 Å². The Labute approximate surface area is 131 Å². The van der Waals surface area contributed by atoms with E-state index in [1.54, 1.807) is 25.3 Å². The number of halogens is 1. The summed E-state index contributed by atoms with van der Waals surface area (Å²) in [6.45, 7) is 0.261. The molecule has 0 bridgehead atoms. The van der Waals surface area contributed by atoms with Gasteiger partial charge in [-0.05, 0) is 45.8 Å². The lowest BCUT2D eigenvalue weighted by Gasteiger charge is -2.13. The zero-order valence-electron chi connectivity index (χ0n) is 11.4. The summed E-state index contributed by atoms with van der Waals surface area (Å²) in [6, 6.07) is 10.5. The van der Waals surface area contributed by atoms with Gasteiger partial charge in [0.1, 0.15) is 12.4 Å². The number of benzene rings is 2. The number of methoxy groups -OCH3 is 1. The first-order valence-corrected chi connectivity index (χ1v) is 6.95. The number of rotatable bonds is 5. The summed E-state index contributed by atoms with van der Waals surface area (Å²) in [5.41, 5.74) is 12.7. The van der Waals surface area contributed by atoms with Crippen molar-refractivity contribution in [2.24, 2.45) is 5.73 Å². The molecule has 0 atom stereocenters. The van der Waals surface area contributed by atoms with Crippen LogP contribution in [0.1, 0.15) is 15.9 Å². The van der Waals surface area contributed by atoms with Crippen molar-refractivity contribution in [3.8, 4) is 11.5 Å². The molecule has 0 radical (unpaired) electrons. The van der Waals surface area contributed by atoms with Gasteiger partial charge in [-0.2, -0.15) is 0 Å². The molecular formula is C15H15BrN2O3. The lowest BCUT2D eigenvalue weighted by Crippen LogP contribution is -2.14. The van der Waals surface area contributed by atoms with Crippen LogP contribution in [0.3, 0.4) is 0 Å². The summed E-state index contributed by atoms with van der Waals surface area (Å²) in [5, 5.41) is 0. The molecule has 1 amide bonds. The van der Waals surface area contributed by atoms with Crippen molar-refractivity contribution in [3.63, 3.8) is 0 Å². The lowest BCUT2D eigenvalue weighted by molar-refractivity contribution is 0.0996. The van der Waals surface area contributed by atoms with Crippen LogP contribution < -0.4 is 20.9 Å². The van der Waals surface area contributed by atoms with Crippen LogP contribution in [0.25, 0.3) is 0 Å². The van der Waals surface area contributed by atoms with E-state index in [4.69, 9.17) is 20.9 Å². The fourth-order valence-corrected chi connectivity index (χ4v) is 2.45. The highest BCUT2D eigenvalue weighted by Gasteiger charge is 2.12. The predicted molar refractivity (Wildman–Crippen MR) is 84.4 cm³/mol. The van der Waals surface area contributed by atoms with E-state index in [0.717, 1.165) is 15.8 Å². The van der Waals surface area contributed by atoms with Crippen LogP contribution in [-0.2, 0) is 6.61 Å². The van der Waals surface area contributed by atoms with Crippen LogP contribution in [0, 0.1) is 0 Å². The minimum atomic E-state index is -0.576. The van der Waals surface area contributed by atoms with Crippen molar-refractivity contribution >= 4 is 27.5 Å². The van der Waals surface area contributed by atoms with E-state index in [1.165, 1.54) is 0 Å². The normalized spacial score (nSPS) is 10.2. The van der Waals surface area contributed by atoms with Crippen molar-refractivity contribution in [2.45, 2.75) is 6.61 Å². The van der Waals surface area contributed by atoms with Crippen molar-refractivity contribution in [2.75, 3.05) is 12.8 Å². The van der Waals surface area contributed by atoms with Crippen LogP contribution in [0.2, 0.25) is 0 Å². The molecule has 0 fully saturated rings. The number of carbonyl (C=O) groups excluding carboxylic acids is 1.